The molecule has 0 bridgehead atoms. The molecule has 0 fully saturated rings. The number of fused-ring (bicyclic) bond motifs is 1. The molecule has 86 valence electrons. The maximum absolute atomic E-state index is 4.94. The minimum absolute atomic E-state index is 0.974. The Morgan fingerprint density at radius 2 is 2.19 bits per heavy atom. The van der Waals surface area contributed by atoms with Crippen LogP contribution in [0, 0.1) is 13.8 Å². The number of aryl methyl sites for hydroxylation is 1. The van der Waals surface area contributed by atoms with E-state index in [-0.39, 0.29) is 0 Å². The van der Waals surface area contributed by atoms with Crippen molar-refractivity contribution in [1.29, 1.82) is 0 Å². The summed E-state index contributed by atoms with van der Waals surface area (Å²) in [5.41, 5.74) is 4.88. The summed E-state index contributed by atoms with van der Waals surface area (Å²) in [5, 5.41) is 4.15. The number of benzene rings is 1. The third-order valence-electron chi connectivity index (χ3n) is 2.74. The molecule has 0 saturated heterocycles. The highest BCUT2D eigenvalue weighted by atomic mass is 79.9. The summed E-state index contributed by atoms with van der Waals surface area (Å²) in [5.74, 6) is 1.08. The van der Waals surface area contributed by atoms with Crippen LogP contribution in [0.1, 0.15) is 23.1 Å². The van der Waals surface area contributed by atoms with Gasteiger partial charge in [0, 0.05) is 27.1 Å². The largest absolute Gasteiger partial charge is 0.399 e. The Morgan fingerprint density at radius 1 is 1.44 bits per heavy atom. The maximum atomic E-state index is 4.94. The second-order valence-corrected chi connectivity index (χ2v) is 5.78. The molecule has 0 unspecified atom stereocenters. The van der Waals surface area contributed by atoms with E-state index in [1.165, 1.54) is 21.6 Å². The van der Waals surface area contributed by atoms with Gasteiger partial charge >= 0.3 is 0 Å². The predicted molar refractivity (Wildman–Crippen MR) is 72.5 cm³/mol. The van der Waals surface area contributed by atoms with Gasteiger partial charge < -0.3 is 4.84 Å². The predicted octanol–water partition coefficient (Wildman–Crippen LogP) is 3.91. The Bertz CT molecular complexity index is 457. The summed E-state index contributed by atoms with van der Waals surface area (Å²) in [4.78, 5) is 6.29. The molecule has 0 saturated carbocycles. The molecule has 16 heavy (non-hydrogen) atoms. The average Bonchev–Trinajstić information content (AvgIpc) is 2.26. The minimum Gasteiger partial charge on any atom is -0.399 e. The van der Waals surface area contributed by atoms with Crippen molar-refractivity contribution in [1.82, 2.24) is 0 Å². The monoisotopic (exact) mass is 299 g/mol. The Hall–Kier alpha value is -0.480. The van der Waals surface area contributed by atoms with Crippen molar-refractivity contribution in [2.45, 2.75) is 25.2 Å². The zero-order valence-electron chi connectivity index (χ0n) is 9.63. The van der Waals surface area contributed by atoms with E-state index in [1.54, 1.807) is 7.11 Å². The Balaban J connectivity index is 2.67. The molecule has 2 nitrogen and oxygen atoms in total. The molecule has 1 aliphatic heterocycles. The van der Waals surface area contributed by atoms with Gasteiger partial charge in [-0.05, 0) is 31.0 Å². The fourth-order valence-corrected chi connectivity index (χ4v) is 3.70. The first-order valence-corrected chi connectivity index (χ1v) is 6.96. The van der Waals surface area contributed by atoms with Gasteiger partial charge in [0.25, 0.3) is 0 Å². The van der Waals surface area contributed by atoms with Crippen molar-refractivity contribution >= 4 is 33.4 Å². The lowest BCUT2D eigenvalue weighted by Gasteiger charge is -2.22. The summed E-state index contributed by atoms with van der Waals surface area (Å²) in [7, 11) is 1.61. The fraction of sp³-hybridized carbons (Fsp3) is 0.417. The Labute approximate surface area is 109 Å². The van der Waals surface area contributed by atoms with Crippen LogP contribution in [0.4, 0.5) is 0 Å². The van der Waals surface area contributed by atoms with Gasteiger partial charge in [0.1, 0.15) is 7.11 Å². The molecule has 1 aliphatic rings. The molecule has 0 amide bonds. The van der Waals surface area contributed by atoms with Crippen LogP contribution in [0.25, 0.3) is 0 Å². The third kappa shape index (κ3) is 2.00. The number of hydrogen-bond donors (Lipinski definition) is 0. The minimum atomic E-state index is 0.974. The zero-order chi connectivity index (χ0) is 11.7. The fourth-order valence-electron chi connectivity index (χ4n) is 1.96. The van der Waals surface area contributed by atoms with E-state index < -0.39 is 0 Å². The Morgan fingerprint density at radius 3 is 2.88 bits per heavy atom. The van der Waals surface area contributed by atoms with E-state index in [4.69, 9.17) is 4.84 Å². The molecule has 4 heteroatoms. The SMILES string of the molecule is CON=C1CCSc2c(C)cc(Br)c(C)c21. The molecule has 0 atom stereocenters. The van der Waals surface area contributed by atoms with E-state index >= 15 is 0 Å². The van der Waals surface area contributed by atoms with Crippen LogP contribution in [-0.2, 0) is 4.84 Å². The van der Waals surface area contributed by atoms with Crippen LogP contribution < -0.4 is 0 Å². The van der Waals surface area contributed by atoms with Crippen molar-refractivity contribution in [2.75, 3.05) is 12.9 Å². The van der Waals surface area contributed by atoms with Crippen LogP contribution in [0.15, 0.2) is 20.6 Å². The van der Waals surface area contributed by atoms with Crippen LogP contribution in [-0.4, -0.2) is 18.6 Å². The van der Waals surface area contributed by atoms with Gasteiger partial charge in [-0.3, -0.25) is 0 Å². The van der Waals surface area contributed by atoms with Gasteiger partial charge in [-0.15, -0.1) is 11.8 Å². The normalized spacial score (nSPS) is 17.4. The smallest absolute Gasteiger partial charge is 0.106 e. The summed E-state index contributed by atoms with van der Waals surface area (Å²) in [6, 6.07) is 2.18. The Kier molecular flexibility index (Phi) is 3.60. The lowest BCUT2D eigenvalue weighted by Crippen LogP contribution is -2.13. The number of rotatable bonds is 1. The van der Waals surface area contributed by atoms with E-state index in [2.05, 4.69) is 41.0 Å². The van der Waals surface area contributed by atoms with Crippen molar-refractivity contribution in [3.8, 4) is 0 Å². The van der Waals surface area contributed by atoms with Crippen LogP contribution in [0.3, 0.4) is 0 Å². The molecule has 1 heterocycles. The summed E-state index contributed by atoms with van der Waals surface area (Å²) in [6.45, 7) is 4.27. The lowest BCUT2D eigenvalue weighted by molar-refractivity contribution is 0.213. The van der Waals surface area contributed by atoms with E-state index in [0.29, 0.717) is 0 Å². The van der Waals surface area contributed by atoms with Gasteiger partial charge in [-0.2, -0.15) is 0 Å². The number of nitrogens with zero attached hydrogens (tertiary/aromatic N) is 1. The highest BCUT2D eigenvalue weighted by molar-refractivity contribution is 9.10. The highest BCUT2D eigenvalue weighted by Gasteiger charge is 2.22. The molecular weight excluding hydrogens is 286 g/mol. The molecule has 1 aromatic carbocycles. The second-order valence-electron chi connectivity index (χ2n) is 3.82. The van der Waals surface area contributed by atoms with Gasteiger partial charge in [0.2, 0.25) is 0 Å². The number of halogens is 1. The molecule has 0 N–H and O–H groups in total. The summed E-state index contributed by atoms with van der Waals surface area (Å²) >= 11 is 5.51. The van der Waals surface area contributed by atoms with E-state index in [9.17, 15) is 0 Å². The average molecular weight is 300 g/mol. The first-order valence-electron chi connectivity index (χ1n) is 5.18. The zero-order valence-corrected chi connectivity index (χ0v) is 12.0. The standard InChI is InChI=1S/C12H14BrNOS/c1-7-6-9(13)8(2)11-10(14-15-3)4-5-16-12(7)11/h6H,4-5H2,1-3H3. The van der Waals surface area contributed by atoms with Gasteiger partial charge in [0.05, 0.1) is 5.71 Å². The van der Waals surface area contributed by atoms with Gasteiger partial charge in [-0.25, -0.2) is 0 Å². The summed E-state index contributed by atoms with van der Waals surface area (Å²) < 4.78 is 1.15. The molecule has 0 aromatic heterocycles. The van der Waals surface area contributed by atoms with Crippen molar-refractivity contribution < 1.29 is 4.84 Å². The molecule has 0 spiro atoms. The van der Waals surface area contributed by atoms with Crippen molar-refractivity contribution in [3.63, 3.8) is 0 Å². The number of oxime groups is 1. The van der Waals surface area contributed by atoms with Crippen molar-refractivity contribution in [3.05, 3.63) is 27.2 Å². The van der Waals surface area contributed by atoms with Crippen molar-refractivity contribution in [2.24, 2.45) is 5.16 Å². The lowest BCUT2D eigenvalue weighted by atomic mass is 9.99. The van der Waals surface area contributed by atoms with Gasteiger partial charge in [0.15, 0.2) is 0 Å². The molecule has 0 radical (unpaired) electrons. The highest BCUT2D eigenvalue weighted by Crippen LogP contribution is 2.38. The maximum Gasteiger partial charge on any atom is 0.106 e. The first-order chi connectivity index (χ1) is 7.65. The molecule has 2 rings (SSSR count). The van der Waals surface area contributed by atoms with Crippen LogP contribution in [0.5, 0.6) is 0 Å². The summed E-state index contributed by atoms with van der Waals surface area (Å²) in [6.07, 6.45) is 0.974. The van der Waals surface area contributed by atoms with Crippen LogP contribution >= 0.6 is 27.7 Å². The number of thioether (sulfide) groups is 1. The molecular formula is C12H14BrNOS. The molecule has 1 aromatic rings. The van der Waals surface area contributed by atoms with E-state index in [0.717, 1.165) is 22.4 Å². The van der Waals surface area contributed by atoms with E-state index in [1.807, 2.05) is 11.8 Å². The quantitative estimate of drug-likeness (QED) is 0.733. The number of hydrogen-bond acceptors (Lipinski definition) is 3. The molecule has 0 aliphatic carbocycles. The van der Waals surface area contributed by atoms with Gasteiger partial charge in [-0.1, -0.05) is 21.1 Å². The second kappa shape index (κ2) is 4.80. The topological polar surface area (TPSA) is 21.6 Å². The first kappa shape index (κ1) is 12.0. The third-order valence-corrected chi connectivity index (χ3v) is 4.78. The van der Waals surface area contributed by atoms with Crippen LogP contribution in [0.2, 0.25) is 0 Å².